The first-order valence-electron chi connectivity index (χ1n) is 3.59. The molecule has 0 aliphatic carbocycles. The third-order valence-electron chi connectivity index (χ3n) is 1.53. The fourth-order valence-corrected chi connectivity index (χ4v) is 1.40. The molecule has 0 aliphatic heterocycles. The summed E-state index contributed by atoms with van der Waals surface area (Å²) >= 11 is 0. The number of nitrogens with zero attached hydrogens (tertiary/aromatic N) is 1. The third kappa shape index (κ3) is 2.66. The van der Waals surface area contributed by atoms with E-state index in [0.29, 0.717) is 12.3 Å². The Kier molecular flexibility index (Phi) is 3.00. The quantitative estimate of drug-likeness (QED) is 0.842. The largest absolute Gasteiger partial charge is 0.433 e. The predicted molar refractivity (Wildman–Crippen MR) is 44.9 cm³/mol. The van der Waals surface area contributed by atoms with Crippen molar-refractivity contribution in [2.24, 2.45) is 0 Å². The molecule has 0 aliphatic rings. The fraction of sp³-hybridized carbons (Fsp3) is 0.143. The monoisotopic (exact) mass is 239 g/mol. The molecule has 0 atom stereocenters. The summed E-state index contributed by atoms with van der Waals surface area (Å²) in [4.78, 5) is 2.62. The number of hydrogen-bond acceptors (Lipinski definition) is 3. The fourth-order valence-electron chi connectivity index (χ4n) is 0.790. The maximum atomic E-state index is 12.1. The zero-order chi connectivity index (χ0) is 11.7. The van der Waals surface area contributed by atoms with Gasteiger partial charge in [-0.2, -0.15) is 13.2 Å². The lowest BCUT2D eigenvalue weighted by Gasteiger charge is -2.06. The van der Waals surface area contributed by atoms with E-state index in [1.54, 1.807) is 4.72 Å². The number of aromatic nitrogens is 1. The Balaban J connectivity index is 3.12. The Morgan fingerprint density at radius 2 is 1.93 bits per heavy atom. The minimum Gasteiger partial charge on any atom is -0.250 e. The van der Waals surface area contributed by atoms with Crippen LogP contribution in [0.15, 0.2) is 23.2 Å². The Bertz CT molecular complexity index is 438. The smallest absolute Gasteiger partial charge is 0.250 e. The van der Waals surface area contributed by atoms with Gasteiger partial charge in [-0.3, -0.25) is 4.98 Å². The van der Waals surface area contributed by atoms with Crippen LogP contribution in [0.1, 0.15) is 5.69 Å². The molecule has 1 rings (SSSR count). The maximum absolute atomic E-state index is 12.1. The first-order valence-corrected chi connectivity index (χ1v) is 5.08. The molecule has 0 fully saturated rings. The molecule has 15 heavy (non-hydrogen) atoms. The van der Waals surface area contributed by atoms with Gasteiger partial charge < -0.3 is 0 Å². The predicted octanol–water partition coefficient (Wildman–Crippen LogP) is 1.17. The Hall–Kier alpha value is -1.15. The molecule has 1 aromatic rings. The number of rotatable bonds is 2. The molecular weight excluding hydrogens is 233 g/mol. The molecule has 1 radical (unpaired) electrons. The lowest BCUT2D eigenvalue weighted by Crippen LogP contribution is -2.17. The Labute approximate surface area is 84.2 Å². The Morgan fingerprint density at radius 1 is 1.33 bits per heavy atom. The summed E-state index contributed by atoms with van der Waals surface area (Å²) in [6.45, 7) is 0. The topological polar surface area (TPSA) is 59.1 Å². The van der Waals surface area contributed by atoms with E-state index < -0.39 is 21.9 Å². The van der Waals surface area contributed by atoms with Gasteiger partial charge in [-0.15, -0.1) is 0 Å². The van der Waals surface area contributed by atoms with Gasteiger partial charge in [0.1, 0.15) is 10.6 Å². The summed E-state index contributed by atoms with van der Waals surface area (Å²) in [7, 11) is -0.934. The van der Waals surface area contributed by atoms with Gasteiger partial charge in [-0.25, -0.2) is 13.1 Å². The van der Waals surface area contributed by atoms with Gasteiger partial charge in [0, 0.05) is 13.2 Å². The number of pyridine rings is 1. The number of hydrogen-bond donors (Lipinski definition) is 1. The minimum absolute atomic E-state index is 0.370. The highest BCUT2D eigenvalue weighted by molar-refractivity contribution is 7.89. The molecular formula is C7H6F3N2O2S. The van der Waals surface area contributed by atoms with E-state index in [1.807, 2.05) is 0 Å². The Morgan fingerprint density at radius 3 is 2.27 bits per heavy atom. The summed E-state index contributed by atoms with van der Waals surface area (Å²) < 4.78 is 60.0. The van der Waals surface area contributed by atoms with Gasteiger partial charge in [0.15, 0.2) is 0 Å². The number of sulfonamides is 1. The average molecular weight is 239 g/mol. The van der Waals surface area contributed by atoms with E-state index in [1.165, 1.54) is 0 Å². The molecule has 0 bridgehead atoms. The summed E-state index contributed by atoms with van der Waals surface area (Å²) in [5.41, 5.74) is -1.15. The number of halogens is 3. The van der Waals surface area contributed by atoms with Crippen LogP contribution in [0.4, 0.5) is 13.2 Å². The van der Waals surface area contributed by atoms with E-state index >= 15 is 0 Å². The average Bonchev–Trinajstić information content (AvgIpc) is 2.17. The van der Waals surface area contributed by atoms with Gasteiger partial charge in [0.2, 0.25) is 10.0 Å². The van der Waals surface area contributed by atoms with Crippen LogP contribution in [0.2, 0.25) is 0 Å². The van der Waals surface area contributed by atoms with Crippen molar-refractivity contribution in [1.29, 1.82) is 0 Å². The zero-order valence-electron chi connectivity index (χ0n) is 7.25. The second kappa shape index (κ2) is 3.78. The highest BCUT2D eigenvalue weighted by Crippen LogP contribution is 2.27. The van der Waals surface area contributed by atoms with Gasteiger partial charge in [-0.1, -0.05) is 0 Å². The maximum Gasteiger partial charge on any atom is 0.433 e. The second-order valence-corrected chi connectivity index (χ2v) is 4.29. The van der Waals surface area contributed by atoms with Crippen molar-refractivity contribution in [3.63, 3.8) is 0 Å². The van der Waals surface area contributed by atoms with E-state index in [-0.39, 0.29) is 4.90 Å². The van der Waals surface area contributed by atoms with Crippen molar-refractivity contribution >= 4 is 10.0 Å². The normalized spacial score (nSPS) is 12.8. The van der Waals surface area contributed by atoms with Crippen molar-refractivity contribution in [2.45, 2.75) is 11.1 Å². The van der Waals surface area contributed by atoms with Crippen LogP contribution < -0.4 is 4.72 Å². The summed E-state index contributed by atoms with van der Waals surface area (Å²) in [6, 6.07) is 1.40. The van der Waals surface area contributed by atoms with E-state index in [9.17, 15) is 21.6 Å². The molecule has 0 saturated heterocycles. The highest BCUT2D eigenvalue weighted by Gasteiger charge is 2.32. The summed E-state index contributed by atoms with van der Waals surface area (Å²) in [6.07, 6.45) is -3.96. The molecule has 1 N–H and O–H groups in total. The lowest BCUT2D eigenvalue weighted by molar-refractivity contribution is -0.141. The van der Waals surface area contributed by atoms with Crippen LogP contribution in [0.3, 0.4) is 0 Å². The molecule has 83 valence electrons. The molecule has 0 unspecified atom stereocenters. The van der Waals surface area contributed by atoms with E-state index in [4.69, 9.17) is 0 Å². The van der Waals surface area contributed by atoms with Crippen LogP contribution in [-0.2, 0) is 16.2 Å². The van der Waals surface area contributed by atoms with Crippen LogP contribution in [-0.4, -0.2) is 13.4 Å². The van der Waals surface area contributed by atoms with Crippen molar-refractivity contribution in [3.8, 4) is 0 Å². The molecule has 1 aromatic heterocycles. The standard InChI is InChI=1S/C7H6F3N2O2S/c1-11-15(13,14)5-2-3-6(12-4-5)7(8,9)10/h2-4,11H,1H2. The molecule has 0 saturated carbocycles. The van der Waals surface area contributed by atoms with E-state index in [0.717, 1.165) is 6.07 Å². The molecule has 0 spiro atoms. The molecule has 1 heterocycles. The van der Waals surface area contributed by atoms with Gasteiger partial charge in [0.05, 0.1) is 0 Å². The summed E-state index contributed by atoms with van der Waals surface area (Å²) in [5, 5.41) is 0. The lowest BCUT2D eigenvalue weighted by atomic mass is 10.3. The van der Waals surface area contributed by atoms with Crippen molar-refractivity contribution < 1.29 is 21.6 Å². The molecule has 8 heteroatoms. The molecule has 0 amide bonds. The van der Waals surface area contributed by atoms with Gasteiger partial charge in [0.25, 0.3) is 0 Å². The van der Waals surface area contributed by atoms with Crippen LogP contribution in [0, 0.1) is 7.05 Å². The second-order valence-electron chi connectivity index (χ2n) is 2.52. The van der Waals surface area contributed by atoms with Crippen LogP contribution in [0.5, 0.6) is 0 Å². The van der Waals surface area contributed by atoms with Gasteiger partial charge >= 0.3 is 6.18 Å². The SMILES string of the molecule is [CH2]NS(=O)(=O)c1ccc(C(F)(F)F)nc1. The molecule has 0 aromatic carbocycles. The van der Waals surface area contributed by atoms with Crippen molar-refractivity contribution in [3.05, 3.63) is 31.1 Å². The summed E-state index contributed by atoms with van der Waals surface area (Å²) in [5.74, 6) is 0. The number of nitrogens with one attached hydrogen (secondary N) is 1. The first kappa shape index (κ1) is 11.9. The zero-order valence-corrected chi connectivity index (χ0v) is 8.06. The van der Waals surface area contributed by atoms with Crippen molar-refractivity contribution in [1.82, 2.24) is 9.71 Å². The van der Waals surface area contributed by atoms with Gasteiger partial charge in [-0.05, 0) is 12.1 Å². The third-order valence-corrected chi connectivity index (χ3v) is 2.77. The highest BCUT2D eigenvalue weighted by atomic mass is 32.2. The van der Waals surface area contributed by atoms with Crippen LogP contribution >= 0.6 is 0 Å². The van der Waals surface area contributed by atoms with E-state index in [2.05, 4.69) is 12.0 Å². The number of alkyl halides is 3. The minimum atomic E-state index is -4.58. The first-order chi connectivity index (χ1) is 6.77. The molecule has 4 nitrogen and oxygen atoms in total. The van der Waals surface area contributed by atoms with Crippen molar-refractivity contribution in [2.75, 3.05) is 0 Å². The van der Waals surface area contributed by atoms with Crippen LogP contribution in [0.25, 0.3) is 0 Å².